The molecule has 0 N–H and O–H groups in total. The van der Waals surface area contributed by atoms with E-state index in [9.17, 15) is 0 Å². The molecule has 0 radical (unpaired) electrons. The lowest BCUT2D eigenvalue weighted by atomic mass is 10.2. The third kappa shape index (κ3) is 29.0. The molecule has 0 atom stereocenters. The fraction of sp³-hybridized carbons (Fsp3) is 1.00. The van der Waals surface area contributed by atoms with Gasteiger partial charge in [0.1, 0.15) is 0 Å². The molecule has 0 aliphatic rings. The van der Waals surface area contributed by atoms with Gasteiger partial charge >= 0.3 is 0 Å². The van der Waals surface area contributed by atoms with Crippen molar-refractivity contribution in [2.24, 2.45) is 0 Å². The Hall–Kier alpha value is -0.175. The highest BCUT2D eigenvalue weighted by atomic mass is 16.5. The summed E-state index contributed by atoms with van der Waals surface area (Å²) < 4.78 is 3.97. The fourth-order valence-electron chi connectivity index (χ4n) is 6.06. The molecule has 7 heteroatoms. The Morgan fingerprint density at radius 2 is 0.465 bits per heavy atom. The molecule has 0 saturated heterocycles. The lowest BCUT2D eigenvalue weighted by molar-refractivity contribution is -0.923. The molecule has 6 nitrogen and oxygen atoms in total. The second-order valence-corrected chi connectivity index (χ2v) is 12.5. The Morgan fingerprint density at radius 3 is 0.581 bits per heavy atom. The van der Waals surface area contributed by atoms with Crippen LogP contribution in [-0.4, -0.2) is 99.3 Å². The first-order chi connectivity index (χ1) is 20.5. The topological polar surface area (TPSA) is 69.2 Å². The van der Waals surface area contributed by atoms with Crippen molar-refractivity contribution in [1.82, 2.24) is 0 Å². The third-order valence-electron chi connectivity index (χ3n) is 10.5. The Balaban J connectivity index is -0.000000249. The van der Waals surface area contributed by atoms with Crippen LogP contribution in [0.4, 0.5) is 0 Å². The first-order valence-corrected chi connectivity index (χ1v) is 19.0. The molecule has 43 heavy (non-hydrogen) atoms. The van der Waals surface area contributed by atoms with Crippen molar-refractivity contribution in [3.8, 4) is 0 Å². The Morgan fingerprint density at radius 1 is 0.302 bits per heavy atom. The van der Waals surface area contributed by atoms with Gasteiger partial charge in [0.15, 0.2) is 0 Å². The summed E-state index contributed by atoms with van der Waals surface area (Å²) in [6, 6.07) is 0. The molecule has 0 amide bonds. The van der Waals surface area contributed by atoms with Crippen LogP contribution in [0.2, 0.25) is 0 Å². The largest absolute Gasteiger partial charge is 0.907 e. The van der Waals surface area contributed by atoms with Gasteiger partial charge in [-0.3, -0.25) is 7.32 Å². The molecule has 0 bridgehead atoms. The van der Waals surface area contributed by atoms with Gasteiger partial charge in [-0.15, -0.1) is 0 Å². The zero-order valence-corrected chi connectivity index (χ0v) is 32.1. The van der Waals surface area contributed by atoms with E-state index >= 15 is 0 Å². The van der Waals surface area contributed by atoms with E-state index in [1.54, 1.807) is 0 Å². The molecule has 0 aromatic heterocycles. The summed E-state index contributed by atoms with van der Waals surface area (Å²) in [5.41, 5.74) is 0. The van der Waals surface area contributed by atoms with E-state index in [0.29, 0.717) is 0 Å². The average molecular weight is 618 g/mol. The Labute approximate surface area is 274 Å². The minimum Gasteiger partial charge on any atom is -0.907 e. The van der Waals surface area contributed by atoms with E-state index in [1.807, 2.05) is 0 Å². The average Bonchev–Trinajstić information content (AvgIpc) is 3.03. The molecular weight excluding hydrogens is 533 g/mol. The first-order valence-electron chi connectivity index (χ1n) is 19.0. The van der Waals surface area contributed by atoms with Crippen molar-refractivity contribution in [3.63, 3.8) is 0 Å². The molecule has 0 rings (SSSR count). The second kappa shape index (κ2) is 34.7. The molecule has 0 heterocycles. The molecule has 264 valence electrons. The summed E-state index contributed by atoms with van der Waals surface area (Å²) in [6.07, 6.45) is 16.8. The smallest absolute Gasteiger partial charge is 0.0786 e. The maximum atomic E-state index is 8.42. The molecule has 0 unspecified atom stereocenters. The molecule has 0 aromatic carbocycles. The van der Waals surface area contributed by atoms with Crippen molar-refractivity contribution in [2.75, 3.05) is 78.5 Å². The summed E-state index contributed by atoms with van der Waals surface area (Å²) in [5, 5.41) is 25.2. The molecule has 0 aromatic rings. The molecule has 0 aliphatic heterocycles. The predicted molar refractivity (Wildman–Crippen MR) is 188 cm³/mol. The van der Waals surface area contributed by atoms with Crippen molar-refractivity contribution in [1.29, 1.82) is 0 Å². The number of hydrogen-bond donors (Lipinski definition) is 0. The summed E-state index contributed by atoms with van der Waals surface area (Å²) in [7, 11) is -2.92. The highest BCUT2D eigenvalue weighted by molar-refractivity contribution is 6.24. The minimum atomic E-state index is -2.92. The second-order valence-electron chi connectivity index (χ2n) is 12.5. The number of rotatable bonds is 24. The summed E-state index contributed by atoms with van der Waals surface area (Å²) in [6.45, 7) is 43.7. The molecule has 0 fully saturated rings. The summed E-state index contributed by atoms with van der Waals surface area (Å²) in [5.74, 6) is 0. The van der Waals surface area contributed by atoms with Gasteiger partial charge in [-0.25, -0.2) is 0 Å². The van der Waals surface area contributed by atoms with Gasteiger partial charge in [-0.2, -0.15) is 0 Å². The quantitative estimate of drug-likeness (QED) is 0.0717. The highest BCUT2D eigenvalue weighted by Gasteiger charge is 2.20. The Bertz CT molecular complexity index is 418. The van der Waals surface area contributed by atoms with Gasteiger partial charge in [-0.05, 0) is 101 Å². The van der Waals surface area contributed by atoms with E-state index in [4.69, 9.17) is 15.1 Å². The van der Waals surface area contributed by atoms with Crippen molar-refractivity contribution in [2.45, 2.75) is 160 Å². The van der Waals surface area contributed by atoms with Gasteiger partial charge in [0, 0.05) is 0 Å². The van der Waals surface area contributed by atoms with Crippen molar-refractivity contribution < 1.29 is 28.5 Å². The van der Waals surface area contributed by atoms with Gasteiger partial charge in [0.2, 0.25) is 0 Å². The standard InChI is InChI=1S/3C12H28N.BO3/c3*1-5-9-10-11-12-13(6-2,7-3)8-4;2-1(3)4/h3*5-12H2,1-4H3;/q3*+1;-3. The zero-order valence-electron chi connectivity index (χ0n) is 32.1. The lowest BCUT2D eigenvalue weighted by Gasteiger charge is -2.35. The van der Waals surface area contributed by atoms with Gasteiger partial charge < -0.3 is 28.5 Å². The number of quaternary nitrogens is 3. The normalized spacial score (nSPS) is 11.5. The zero-order chi connectivity index (χ0) is 34.0. The van der Waals surface area contributed by atoms with Gasteiger partial charge in [0.05, 0.1) is 78.5 Å². The van der Waals surface area contributed by atoms with E-state index in [-0.39, 0.29) is 0 Å². The maximum absolute atomic E-state index is 8.42. The van der Waals surface area contributed by atoms with Crippen LogP contribution in [0.15, 0.2) is 0 Å². The van der Waals surface area contributed by atoms with E-state index in [0.717, 1.165) is 0 Å². The van der Waals surface area contributed by atoms with E-state index in [1.165, 1.54) is 169 Å². The van der Waals surface area contributed by atoms with Crippen LogP contribution in [0.1, 0.15) is 160 Å². The van der Waals surface area contributed by atoms with Crippen LogP contribution < -0.4 is 15.1 Å². The summed E-state index contributed by atoms with van der Waals surface area (Å²) in [4.78, 5) is 0. The molecule has 0 saturated carbocycles. The van der Waals surface area contributed by atoms with Crippen LogP contribution in [-0.2, 0) is 0 Å². The maximum Gasteiger partial charge on any atom is 0.0786 e. The Kier molecular flexibility index (Phi) is 40.1. The molecular formula is C36H84BN3O3. The first kappa shape index (κ1) is 49.7. The van der Waals surface area contributed by atoms with Gasteiger partial charge in [-0.1, -0.05) is 59.3 Å². The van der Waals surface area contributed by atoms with E-state index in [2.05, 4.69) is 83.1 Å². The highest BCUT2D eigenvalue weighted by Crippen LogP contribution is 2.12. The number of nitrogens with zero attached hydrogens (tertiary/aromatic N) is 3. The van der Waals surface area contributed by atoms with Crippen LogP contribution in [0.5, 0.6) is 0 Å². The lowest BCUT2D eigenvalue weighted by Crippen LogP contribution is -2.56. The minimum absolute atomic E-state index is 1.30. The molecule has 0 spiro atoms. The number of hydrogen-bond acceptors (Lipinski definition) is 3. The SMILES string of the molecule is CCCCCC[N+](CC)(CC)CC.CCCCCC[N+](CC)(CC)CC.CCCCCC[N+](CC)(CC)CC.[O-]B([O-])[O-]. The predicted octanol–water partition coefficient (Wildman–Crippen LogP) is 6.38. The van der Waals surface area contributed by atoms with Crippen LogP contribution in [0, 0.1) is 0 Å². The van der Waals surface area contributed by atoms with Crippen LogP contribution >= 0.6 is 0 Å². The van der Waals surface area contributed by atoms with Gasteiger partial charge in [0.25, 0.3) is 0 Å². The van der Waals surface area contributed by atoms with Crippen molar-refractivity contribution in [3.05, 3.63) is 0 Å². The van der Waals surface area contributed by atoms with Crippen LogP contribution in [0.25, 0.3) is 0 Å². The van der Waals surface area contributed by atoms with E-state index < -0.39 is 7.32 Å². The third-order valence-corrected chi connectivity index (χ3v) is 10.5. The van der Waals surface area contributed by atoms with Crippen LogP contribution in [0.3, 0.4) is 0 Å². The van der Waals surface area contributed by atoms with Crippen molar-refractivity contribution >= 4 is 7.32 Å². The monoisotopic (exact) mass is 618 g/mol. The number of unbranched alkanes of at least 4 members (excludes halogenated alkanes) is 9. The molecule has 0 aliphatic carbocycles. The fourth-order valence-corrected chi connectivity index (χ4v) is 6.06. The summed E-state index contributed by atoms with van der Waals surface area (Å²) >= 11 is 0.